The molecule has 0 aliphatic carbocycles. The van der Waals surface area contributed by atoms with E-state index in [2.05, 4.69) is 15.6 Å². The summed E-state index contributed by atoms with van der Waals surface area (Å²) in [7, 11) is 0. The predicted molar refractivity (Wildman–Crippen MR) is 181 cm³/mol. The maximum atomic E-state index is 11.8. The van der Waals surface area contributed by atoms with Crippen LogP contribution in [0.4, 0.5) is 0 Å². The van der Waals surface area contributed by atoms with Crippen LogP contribution in [0.15, 0.2) is 84.9 Å². The summed E-state index contributed by atoms with van der Waals surface area (Å²) in [5.74, 6) is -0.0436. The molecule has 13 nitrogen and oxygen atoms in total. The molecule has 2 aliphatic heterocycles. The van der Waals surface area contributed by atoms with Crippen LogP contribution in [0, 0.1) is 0 Å². The van der Waals surface area contributed by atoms with Crippen LogP contribution < -0.4 is 15.4 Å². The van der Waals surface area contributed by atoms with Crippen molar-refractivity contribution >= 4 is 11.8 Å². The molecule has 0 saturated carbocycles. The number of amides is 2. The van der Waals surface area contributed by atoms with Gasteiger partial charge in [0.15, 0.2) is 6.10 Å². The van der Waals surface area contributed by atoms with Crippen molar-refractivity contribution in [3.8, 4) is 17.0 Å². The molecule has 0 radical (unpaired) electrons. The Morgan fingerprint density at radius 3 is 2.06 bits per heavy atom. The summed E-state index contributed by atoms with van der Waals surface area (Å²) in [5.41, 5.74) is 4.01. The molecule has 0 spiro atoms. The van der Waals surface area contributed by atoms with Crippen molar-refractivity contribution in [1.29, 1.82) is 0 Å². The Kier molecular flexibility index (Phi) is 11.9. The summed E-state index contributed by atoms with van der Waals surface area (Å²) in [4.78, 5) is 31.3. The van der Waals surface area contributed by atoms with Gasteiger partial charge in [-0.15, -0.1) is 0 Å². The van der Waals surface area contributed by atoms with Crippen LogP contribution in [0.2, 0.25) is 0 Å². The number of pyridine rings is 1. The van der Waals surface area contributed by atoms with E-state index in [1.165, 1.54) is 13.8 Å². The van der Waals surface area contributed by atoms with Gasteiger partial charge in [-0.3, -0.25) is 19.5 Å². The van der Waals surface area contributed by atoms with Gasteiger partial charge in [0.1, 0.15) is 18.1 Å². The highest BCUT2D eigenvalue weighted by Crippen LogP contribution is 2.34. The highest BCUT2D eigenvalue weighted by atomic mass is 16.5. The number of rotatable bonds is 13. The van der Waals surface area contributed by atoms with Gasteiger partial charge in [-0.2, -0.15) is 0 Å². The predicted octanol–water partition coefficient (Wildman–Crippen LogP) is 0.722. The fourth-order valence-electron chi connectivity index (χ4n) is 6.66. The molecule has 0 bridgehead atoms. The van der Waals surface area contributed by atoms with Crippen molar-refractivity contribution < 1.29 is 39.9 Å². The summed E-state index contributed by atoms with van der Waals surface area (Å²) < 4.78 is 6.25. The number of nitrogens with zero attached hydrogens (tertiary/aromatic N) is 3. The minimum absolute atomic E-state index is 0.135. The van der Waals surface area contributed by atoms with Crippen molar-refractivity contribution in [3.63, 3.8) is 0 Å². The van der Waals surface area contributed by atoms with Gasteiger partial charge in [-0.05, 0) is 41.8 Å². The molecular formula is C36H45N5O8. The molecule has 2 aliphatic rings. The minimum Gasteiger partial charge on any atom is -0.514 e. The zero-order valence-corrected chi connectivity index (χ0v) is 27.6. The number of ether oxygens (including phenoxy) is 1. The maximum Gasteiger partial charge on any atom is 0.216 e. The Morgan fingerprint density at radius 2 is 1.47 bits per heavy atom. The Morgan fingerprint density at radius 1 is 0.837 bits per heavy atom. The second-order valence-electron chi connectivity index (χ2n) is 12.5. The van der Waals surface area contributed by atoms with Crippen molar-refractivity contribution in [2.24, 2.45) is 0 Å². The number of aromatic nitrogens is 1. The smallest absolute Gasteiger partial charge is 0.216 e. The first-order valence-corrected chi connectivity index (χ1v) is 16.4. The Bertz CT molecular complexity index is 1570. The topological polar surface area (TPSA) is 188 Å². The molecule has 7 atom stereocenters. The number of nitrogens with one attached hydrogen (secondary N) is 2. The van der Waals surface area contributed by atoms with Crippen molar-refractivity contribution in [3.05, 3.63) is 96.0 Å². The van der Waals surface area contributed by atoms with E-state index >= 15 is 0 Å². The lowest BCUT2D eigenvalue weighted by Crippen LogP contribution is -2.47. The van der Waals surface area contributed by atoms with Gasteiger partial charge >= 0.3 is 0 Å². The number of benzene rings is 2. The second kappa shape index (κ2) is 16.2. The van der Waals surface area contributed by atoms with E-state index in [4.69, 9.17) is 4.74 Å². The number of carbonyl (C=O) groups excluding carboxylic acids is 2. The minimum atomic E-state index is -1.15. The summed E-state index contributed by atoms with van der Waals surface area (Å²) >= 11 is 0. The standard InChI is InChI=1S/C36H45N5O8/c1-22(44)38-17-29-33(46)34(47)31(20-42)40(29)16-14-24-8-12-27(13-9-24)49-36-32(21-43)41(30(35(36)48)18-39-23(2)45)19-25-6-10-26(11-7-25)28-5-3-4-15-37-28/h3-13,15,21,29-31,33-36,42-43,46-48H,14,16-20H2,1-2H3,(H,38,44)(H,39,45)/b32-21+/t29-,30?,31-,33-,34-,35-,36-/m1/s1. The quantitative estimate of drug-likeness (QED) is 0.127. The second-order valence-corrected chi connectivity index (χ2v) is 12.5. The van der Waals surface area contributed by atoms with Crippen molar-refractivity contribution in [2.75, 3.05) is 26.2 Å². The lowest BCUT2D eigenvalue weighted by Gasteiger charge is -2.29. The molecule has 2 amide bonds. The maximum absolute atomic E-state index is 11.8. The third kappa shape index (κ3) is 8.38. The van der Waals surface area contributed by atoms with Crippen LogP contribution in [-0.4, -0.2) is 121 Å². The van der Waals surface area contributed by atoms with E-state index in [0.717, 1.165) is 28.6 Å². The number of carbonyl (C=O) groups is 2. The van der Waals surface area contributed by atoms with Crippen LogP contribution in [0.3, 0.4) is 0 Å². The van der Waals surface area contributed by atoms with Gasteiger partial charge < -0.3 is 45.8 Å². The Hall–Kier alpha value is -4.53. The van der Waals surface area contributed by atoms with E-state index in [1.54, 1.807) is 18.3 Å². The first-order valence-electron chi connectivity index (χ1n) is 16.4. The summed E-state index contributed by atoms with van der Waals surface area (Å²) in [6, 6.07) is 19.0. The fourth-order valence-corrected chi connectivity index (χ4v) is 6.66. The average Bonchev–Trinajstić information content (AvgIpc) is 3.49. The number of aliphatic hydroxyl groups excluding tert-OH is 5. The molecule has 13 heteroatoms. The van der Waals surface area contributed by atoms with E-state index in [-0.39, 0.29) is 31.5 Å². The third-order valence-electron chi connectivity index (χ3n) is 9.27. The molecule has 262 valence electrons. The number of likely N-dealkylation sites (tertiary alicyclic amines) is 2. The Labute approximate surface area is 285 Å². The van der Waals surface area contributed by atoms with Gasteiger partial charge in [0.25, 0.3) is 0 Å². The van der Waals surface area contributed by atoms with Gasteiger partial charge in [0, 0.05) is 51.8 Å². The molecular weight excluding hydrogens is 630 g/mol. The fraction of sp³-hybridized carbons (Fsp3) is 0.417. The van der Waals surface area contributed by atoms with Gasteiger partial charge in [0.2, 0.25) is 11.8 Å². The van der Waals surface area contributed by atoms with Crippen LogP contribution >= 0.6 is 0 Å². The van der Waals surface area contributed by atoms with E-state index in [0.29, 0.717) is 31.0 Å². The highest BCUT2D eigenvalue weighted by molar-refractivity contribution is 5.73. The van der Waals surface area contributed by atoms with Crippen LogP contribution in [0.1, 0.15) is 25.0 Å². The lowest BCUT2D eigenvalue weighted by atomic mass is 10.1. The molecule has 1 unspecified atom stereocenters. The monoisotopic (exact) mass is 675 g/mol. The molecule has 5 rings (SSSR count). The largest absolute Gasteiger partial charge is 0.514 e. The van der Waals surface area contributed by atoms with Gasteiger partial charge in [-0.1, -0.05) is 42.5 Å². The molecule has 2 fully saturated rings. The molecule has 49 heavy (non-hydrogen) atoms. The van der Waals surface area contributed by atoms with Crippen molar-refractivity contribution in [2.45, 2.75) is 69.4 Å². The highest BCUT2D eigenvalue weighted by Gasteiger charge is 2.47. The van der Waals surface area contributed by atoms with E-state index in [1.807, 2.05) is 64.4 Å². The zero-order chi connectivity index (χ0) is 35.1. The molecule has 2 aromatic carbocycles. The number of aliphatic hydroxyl groups is 5. The average molecular weight is 676 g/mol. The molecule has 3 heterocycles. The summed E-state index contributed by atoms with van der Waals surface area (Å²) in [6.45, 7) is 3.46. The summed E-state index contributed by atoms with van der Waals surface area (Å²) in [5, 5.41) is 58.3. The molecule has 3 aromatic rings. The van der Waals surface area contributed by atoms with Crippen LogP contribution in [0.5, 0.6) is 5.75 Å². The zero-order valence-electron chi connectivity index (χ0n) is 27.6. The van der Waals surface area contributed by atoms with Crippen molar-refractivity contribution in [1.82, 2.24) is 25.4 Å². The first-order chi connectivity index (χ1) is 23.6. The van der Waals surface area contributed by atoms with E-state index < -0.39 is 42.5 Å². The lowest BCUT2D eigenvalue weighted by molar-refractivity contribution is -0.120. The Balaban J connectivity index is 1.27. The number of hydrogen-bond acceptors (Lipinski definition) is 11. The van der Waals surface area contributed by atoms with Crippen LogP contribution in [-0.2, 0) is 22.6 Å². The normalized spacial score (nSPS) is 26.2. The van der Waals surface area contributed by atoms with Gasteiger partial charge in [-0.25, -0.2) is 0 Å². The molecule has 2 saturated heterocycles. The third-order valence-corrected chi connectivity index (χ3v) is 9.27. The number of hydrogen-bond donors (Lipinski definition) is 7. The molecule has 1 aromatic heterocycles. The van der Waals surface area contributed by atoms with Gasteiger partial charge in [0.05, 0.1) is 48.3 Å². The molecule has 7 N–H and O–H groups in total. The first kappa shape index (κ1) is 35.8. The SMILES string of the molecule is CC(=O)NCC1[C@@H](O)[C@H](Oc2ccc(CCN3[C@H](CO)[C@@H](O)[C@H](O)[C@H]3CNC(C)=O)cc2)/C(=C\O)N1Cc1ccc(-c2ccccn2)cc1. The van der Waals surface area contributed by atoms with E-state index in [9.17, 15) is 35.1 Å². The summed E-state index contributed by atoms with van der Waals surface area (Å²) in [6.07, 6.45) is -1.08. The van der Waals surface area contributed by atoms with Crippen LogP contribution in [0.25, 0.3) is 11.3 Å².